The second-order valence-electron chi connectivity index (χ2n) is 5.03. The van der Waals surface area contributed by atoms with Crippen molar-refractivity contribution in [2.45, 2.75) is 0 Å². The van der Waals surface area contributed by atoms with E-state index >= 15 is 0 Å². The number of nitro groups is 1. The largest absolute Gasteiger partial charge is 0.865 e. The van der Waals surface area contributed by atoms with Gasteiger partial charge in [-0.3, -0.25) is 14.9 Å². The van der Waals surface area contributed by atoms with Crippen molar-refractivity contribution in [1.29, 1.82) is 0 Å². The molecule has 1 amide bonds. The van der Waals surface area contributed by atoms with Crippen molar-refractivity contribution in [2.75, 3.05) is 7.11 Å². The Bertz CT molecular complexity index is 922. The van der Waals surface area contributed by atoms with E-state index in [0.29, 0.717) is 15.5 Å². The second kappa shape index (κ2) is 6.78. The highest BCUT2D eigenvalue weighted by molar-refractivity contribution is 8.19. The van der Waals surface area contributed by atoms with E-state index in [2.05, 4.69) is 4.99 Å². The normalized spacial score (nSPS) is 15.3. The molecule has 0 N–H and O–H groups in total. The van der Waals surface area contributed by atoms with E-state index in [4.69, 9.17) is 4.74 Å². The van der Waals surface area contributed by atoms with Crippen molar-refractivity contribution in [3.05, 3.63) is 68.6 Å². The van der Waals surface area contributed by atoms with Crippen LogP contribution in [0.25, 0.3) is 6.08 Å². The lowest BCUT2D eigenvalue weighted by atomic mass is 10.1. The number of amides is 1. The molecule has 0 radical (unpaired) electrons. The van der Waals surface area contributed by atoms with Crippen LogP contribution in [0.5, 0.6) is 11.5 Å². The van der Waals surface area contributed by atoms with Crippen molar-refractivity contribution in [3.8, 4) is 11.5 Å². The summed E-state index contributed by atoms with van der Waals surface area (Å²) in [5.41, 5.74) is 0.525. The van der Waals surface area contributed by atoms with Crippen LogP contribution in [0, 0.1) is 10.1 Å². The van der Waals surface area contributed by atoms with E-state index in [1.807, 2.05) is 30.3 Å². The monoisotopic (exact) mass is 355 g/mol. The van der Waals surface area contributed by atoms with Crippen molar-refractivity contribution in [3.63, 3.8) is 0 Å². The number of methoxy groups -OCH3 is 1. The number of carbonyl (C=O) groups excluding carboxylic acids is 1. The van der Waals surface area contributed by atoms with Gasteiger partial charge in [-0.1, -0.05) is 42.1 Å². The minimum absolute atomic E-state index is 0.152. The number of thioether (sulfide) groups is 1. The Kier molecular flexibility index (Phi) is 4.53. The Labute approximate surface area is 146 Å². The summed E-state index contributed by atoms with van der Waals surface area (Å²) in [6.45, 7) is 0. The van der Waals surface area contributed by atoms with E-state index in [1.165, 1.54) is 31.0 Å². The molecule has 8 heteroatoms. The van der Waals surface area contributed by atoms with Crippen LogP contribution in [0.3, 0.4) is 0 Å². The highest BCUT2D eigenvalue weighted by Gasteiger charge is 2.23. The summed E-state index contributed by atoms with van der Waals surface area (Å²) in [4.78, 5) is 26.7. The first-order valence-corrected chi connectivity index (χ1v) is 7.92. The lowest BCUT2D eigenvalue weighted by molar-refractivity contribution is -0.398. The molecule has 1 heterocycles. The summed E-state index contributed by atoms with van der Waals surface area (Å²) in [5, 5.41) is 23.4. The SMILES string of the molecule is COc1cc(/C=C2\SC(c3ccccc3)=NC2=O)cc([N+](=O)[O-])c1[O-]. The fourth-order valence-electron chi connectivity index (χ4n) is 2.24. The van der Waals surface area contributed by atoms with Crippen molar-refractivity contribution < 1.29 is 19.6 Å². The fraction of sp³-hybridized carbons (Fsp3) is 0.0588. The van der Waals surface area contributed by atoms with Crippen LogP contribution >= 0.6 is 11.8 Å². The number of nitro benzene ring substituents is 1. The van der Waals surface area contributed by atoms with Gasteiger partial charge >= 0.3 is 0 Å². The first-order chi connectivity index (χ1) is 12.0. The third-order valence-electron chi connectivity index (χ3n) is 3.41. The van der Waals surface area contributed by atoms with Gasteiger partial charge in [0, 0.05) is 17.4 Å². The molecule has 0 saturated heterocycles. The summed E-state index contributed by atoms with van der Waals surface area (Å²) in [7, 11) is 1.25. The number of nitrogens with zero attached hydrogens (tertiary/aromatic N) is 2. The van der Waals surface area contributed by atoms with Crippen LogP contribution in [0.4, 0.5) is 5.69 Å². The van der Waals surface area contributed by atoms with Crippen LogP contribution in [0.1, 0.15) is 11.1 Å². The van der Waals surface area contributed by atoms with Crippen LogP contribution in [-0.4, -0.2) is 23.0 Å². The zero-order valence-electron chi connectivity index (χ0n) is 13.0. The van der Waals surface area contributed by atoms with E-state index in [9.17, 15) is 20.0 Å². The molecule has 2 aromatic carbocycles. The molecular weight excluding hydrogens is 344 g/mol. The molecule has 25 heavy (non-hydrogen) atoms. The van der Waals surface area contributed by atoms with Gasteiger partial charge in [-0.05, 0) is 17.7 Å². The Balaban J connectivity index is 1.96. The van der Waals surface area contributed by atoms with Gasteiger partial charge in [0.05, 0.1) is 16.9 Å². The summed E-state index contributed by atoms with van der Waals surface area (Å²) in [6, 6.07) is 11.7. The topological polar surface area (TPSA) is 105 Å². The zero-order valence-corrected chi connectivity index (χ0v) is 13.8. The van der Waals surface area contributed by atoms with Gasteiger partial charge < -0.3 is 9.84 Å². The van der Waals surface area contributed by atoms with Gasteiger partial charge in [0.25, 0.3) is 11.6 Å². The third-order valence-corrected chi connectivity index (χ3v) is 4.45. The average molecular weight is 355 g/mol. The van der Waals surface area contributed by atoms with E-state index in [1.54, 1.807) is 0 Å². The van der Waals surface area contributed by atoms with Crippen LogP contribution < -0.4 is 9.84 Å². The number of benzene rings is 2. The number of aliphatic imine (C=N–C) groups is 1. The maximum absolute atomic E-state index is 12.1. The molecule has 126 valence electrons. The predicted octanol–water partition coefficient (Wildman–Crippen LogP) is 2.74. The Morgan fingerprint density at radius 2 is 1.96 bits per heavy atom. The number of carbonyl (C=O) groups is 1. The van der Waals surface area contributed by atoms with Crippen molar-refractivity contribution in [2.24, 2.45) is 4.99 Å². The molecule has 0 aromatic heterocycles. The molecule has 0 unspecified atom stereocenters. The number of hydrogen-bond acceptors (Lipinski definition) is 6. The van der Waals surface area contributed by atoms with Crippen LogP contribution in [0.2, 0.25) is 0 Å². The van der Waals surface area contributed by atoms with Crippen LogP contribution in [-0.2, 0) is 4.79 Å². The second-order valence-corrected chi connectivity index (χ2v) is 6.06. The Morgan fingerprint density at radius 1 is 1.24 bits per heavy atom. The van der Waals surface area contributed by atoms with Crippen molar-refractivity contribution in [1.82, 2.24) is 0 Å². The number of ether oxygens (including phenoxy) is 1. The van der Waals surface area contributed by atoms with Gasteiger partial charge in [-0.2, -0.15) is 0 Å². The molecule has 2 aromatic rings. The maximum atomic E-state index is 12.1. The molecule has 0 spiro atoms. The molecule has 0 saturated carbocycles. The van der Waals surface area contributed by atoms with E-state index in [0.717, 1.165) is 11.6 Å². The lowest BCUT2D eigenvalue weighted by Gasteiger charge is -2.13. The van der Waals surface area contributed by atoms with Gasteiger partial charge in [-0.25, -0.2) is 4.99 Å². The van der Waals surface area contributed by atoms with E-state index < -0.39 is 22.3 Å². The van der Waals surface area contributed by atoms with Gasteiger partial charge in [-0.15, -0.1) is 0 Å². The minimum atomic E-state index is -0.804. The predicted molar refractivity (Wildman–Crippen MR) is 92.6 cm³/mol. The summed E-state index contributed by atoms with van der Waals surface area (Å²) >= 11 is 1.17. The smallest absolute Gasteiger partial charge is 0.284 e. The highest BCUT2D eigenvalue weighted by Crippen LogP contribution is 2.37. The first-order valence-electron chi connectivity index (χ1n) is 7.11. The molecule has 0 fully saturated rings. The van der Waals surface area contributed by atoms with Gasteiger partial charge in [0.2, 0.25) is 0 Å². The molecule has 7 nitrogen and oxygen atoms in total. The summed E-state index contributed by atoms with van der Waals surface area (Å²) < 4.78 is 4.89. The Morgan fingerprint density at radius 3 is 2.60 bits per heavy atom. The molecule has 1 aliphatic rings. The fourth-order valence-corrected chi connectivity index (χ4v) is 3.16. The average Bonchev–Trinajstić information content (AvgIpc) is 2.97. The maximum Gasteiger partial charge on any atom is 0.284 e. The minimum Gasteiger partial charge on any atom is -0.865 e. The number of hydrogen-bond donors (Lipinski definition) is 0. The Hall–Kier alpha value is -3.13. The lowest BCUT2D eigenvalue weighted by Crippen LogP contribution is -2.01. The molecular formula is C17H11N2O5S-. The summed E-state index contributed by atoms with van der Waals surface area (Å²) in [5.74, 6) is -1.39. The molecule has 1 aliphatic heterocycles. The van der Waals surface area contributed by atoms with Gasteiger partial charge in [0.15, 0.2) is 0 Å². The first kappa shape index (κ1) is 16.7. The number of rotatable bonds is 4. The van der Waals surface area contributed by atoms with Crippen molar-refractivity contribution >= 4 is 34.5 Å². The molecule has 0 aliphatic carbocycles. The van der Waals surface area contributed by atoms with Crippen LogP contribution in [0.15, 0.2) is 52.4 Å². The summed E-state index contributed by atoms with van der Waals surface area (Å²) in [6.07, 6.45) is 1.46. The third kappa shape index (κ3) is 3.38. The molecule has 0 bridgehead atoms. The molecule has 3 rings (SSSR count). The zero-order chi connectivity index (χ0) is 18.0. The van der Waals surface area contributed by atoms with Gasteiger partial charge in [0.1, 0.15) is 10.8 Å². The highest BCUT2D eigenvalue weighted by atomic mass is 32.2. The quantitative estimate of drug-likeness (QED) is 0.474. The van der Waals surface area contributed by atoms with E-state index in [-0.39, 0.29) is 5.75 Å². The standard InChI is InChI=1S/C17H12N2O5S/c1-24-13-8-10(7-12(15(13)20)19(22)23)9-14-16(21)18-17(25-14)11-5-3-2-4-6-11/h2-9,20H,1H3/p-1/b14-9-. The molecule has 0 atom stereocenters.